The fraction of sp³-hybridized carbons (Fsp3) is 0.631. The van der Waals surface area contributed by atoms with E-state index in [0.717, 1.165) is 69.3 Å². The van der Waals surface area contributed by atoms with E-state index in [1.54, 1.807) is 0 Å². The topological polar surface area (TPSA) is 172 Å². The summed E-state index contributed by atoms with van der Waals surface area (Å²) in [5.74, 6) is 26.6. The molecule has 3 aromatic rings. The Kier molecular flexibility index (Phi) is 70.6. The number of unbranched alkanes of at least 4 members (excludes halogenated alkanes) is 20. The maximum Gasteiger partial charge on any atom is 0.293 e. The first-order chi connectivity index (χ1) is 47.9. The van der Waals surface area contributed by atoms with Crippen molar-refractivity contribution in [2.24, 2.45) is 5.92 Å². The largest absolute Gasteiger partial charge is 0.494 e. The molecular formula is C84H140O13. The molecule has 0 saturated heterocycles. The average Bonchev–Trinajstić information content (AvgIpc) is 0.866. The number of hydrogen-bond donors (Lipinski definition) is 4. The maximum atomic E-state index is 9.82. The third kappa shape index (κ3) is 61.8. The van der Waals surface area contributed by atoms with Gasteiger partial charge in [0, 0.05) is 79.0 Å². The molecule has 13 heteroatoms. The number of hydrogen-bond acceptors (Lipinski definition) is 13. The molecule has 0 aliphatic heterocycles. The summed E-state index contributed by atoms with van der Waals surface area (Å²) in [6.07, 6.45) is 50.4. The molecule has 0 heterocycles. The zero-order chi connectivity index (χ0) is 70.5. The van der Waals surface area contributed by atoms with Crippen molar-refractivity contribution in [2.75, 3.05) is 85.9 Å². The normalized spacial score (nSPS) is 12.3. The summed E-state index contributed by atoms with van der Waals surface area (Å²) in [4.78, 5) is 28.5. The van der Waals surface area contributed by atoms with Gasteiger partial charge in [-0.25, -0.2) is 19.6 Å². The number of terminal acetylenes is 1. The van der Waals surface area contributed by atoms with Gasteiger partial charge in [0.25, 0.3) is 6.47 Å². The number of aryl methyl sites for hydroxylation is 2. The monoisotopic (exact) mass is 1360 g/mol. The van der Waals surface area contributed by atoms with Crippen molar-refractivity contribution < 1.29 is 73.7 Å². The summed E-state index contributed by atoms with van der Waals surface area (Å²) in [6.45, 7) is 13.9. The van der Waals surface area contributed by atoms with Crippen LogP contribution in [-0.2, 0) is 51.4 Å². The van der Waals surface area contributed by atoms with Crippen LogP contribution in [0.4, 0.5) is 0 Å². The van der Waals surface area contributed by atoms with Crippen LogP contribution in [-0.4, -0.2) is 113 Å². The van der Waals surface area contributed by atoms with E-state index in [9.17, 15) is 4.79 Å². The lowest BCUT2D eigenvalue weighted by Crippen LogP contribution is -2.13. The van der Waals surface area contributed by atoms with Gasteiger partial charge in [-0.3, -0.25) is 4.79 Å². The second kappa shape index (κ2) is 75.5. The second-order valence-electron chi connectivity index (χ2n) is 23.9. The van der Waals surface area contributed by atoms with E-state index >= 15 is 0 Å². The van der Waals surface area contributed by atoms with Gasteiger partial charge < -0.3 is 39.4 Å². The first kappa shape index (κ1) is 90.7. The van der Waals surface area contributed by atoms with Crippen LogP contribution in [0.1, 0.15) is 266 Å². The molecule has 1 aliphatic carbocycles. The highest BCUT2D eigenvalue weighted by Gasteiger charge is 2.22. The van der Waals surface area contributed by atoms with Gasteiger partial charge in [0.05, 0.1) is 19.8 Å². The van der Waals surface area contributed by atoms with Crippen molar-refractivity contribution >= 4 is 6.47 Å². The molecule has 0 unspecified atom stereocenters. The molecule has 0 atom stereocenters. The molecule has 4 rings (SSSR count). The van der Waals surface area contributed by atoms with E-state index in [2.05, 4.69) is 168 Å². The first-order valence-corrected chi connectivity index (χ1v) is 36.9. The Bertz CT molecular complexity index is 2590. The van der Waals surface area contributed by atoms with Crippen LogP contribution >= 0.6 is 0 Å². The summed E-state index contributed by atoms with van der Waals surface area (Å²) in [5, 5.41) is 34.6. The van der Waals surface area contributed by atoms with Crippen molar-refractivity contribution in [2.45, 2.75) is 252 Å². The highest BCUT2D eigenvalue weighted by molar-refractivity contribution is 5.64. The number of aliphatic hydroxyl groups is 4. The molecule has 0 aromatic heterocycles. The summed E-state index contributed by atoms with van der Waals surface area (Å²) in [5.41, 5.74) is 6.77. The van der Waals surface area contributed by atoms with Crippen LogP contribution in [0.25, 0.3) is 11.1 Å². The Labute approximate surface area is 599 Å². The van der Waals surface area contributed by atoms with E-state index < -0.39 is 0 Å². The molecule has 0 spiro atoms. The molecule has 0 bridgehead atoms. The fourth-order valence-electron chi connectivity index (χ4n) is 10.2. The van der Waals surface area contributed by atoms with Gasteiger partial charge in [-0.1, -0.05) is 217 Å². The molecular weight excluding hydrogens is 1220 g/mol. The SMILES string of the molecule is C#CC#CC#CC#CC#CC#COCCOOCCOOCCO.CCCCCCC1CCC(c2ccc(CCCO)cc2)CC1.CCCCCCCCCCCCO.CCCCCCOCCCCCOC=O.CCCCCCc1ccc(-c2ccc(OCCCO)cc2)cc1.[HH].[HH].[HH].[HH].[HH].[HH].[HH]. The van der Waals surface area contributed by atoms with Crippen molar-refractivity contribution in [1.82, 2.24) is 0 Å². The predicted molar refractivity (Wildman–Crippen MR) is 411 cm³/mol. The minimum absolute atomic E-state index is 0. The van der Waals surface area contributed by atoms with Crippen molar-refractivity contribution in [3.63, 3.8) is 0 Å². The van der Waals surface area contributed by atoms with Gasteiger partial charge >= 0.3 is 0 Å². The van der Waals surface area contributed by atoms with Crippen molar-refractivity contribution in [3.8, 4) is 88.6 Å². The number of aliphatic hydroxyl groups excluding tert-OH is 4. The van der Waals surface area contributed by atoms with Gasteiger partial charge in [0.2, 0.25) is 0 Å². The van der Waals surface area contributed by atoms with Gasteiger partial charge in [-0.15, -0.1) is 6.42 Å². The van der Waals surface area contributed by atoms with E-state index in [4.69, 9.17) is 50.8 Å². The Morgan fingerprint density at radius 3 is 1.37 bits per heavy atom. The third-order valence-corrected chi connectivity index (χ3v) is 15.7. The third-order valence-electron chi connectivity index (χ3n) is 15.7. The predicted octanol–water partition coefficient (Wildman–Crippen LogP) is 19.1. The Morgan fingerprint density at radius 2 is 0.845 bits per heavy atom. The lowest BCUT2D eigenvalue weighted by atomic mass is 9.77. The van der Waals surface area contributed by atoms with Crippen molar-refractivity contribution in [1.29, 1.82) is 0 Å². The lowest BCUT2D eigenvalue weighted by Gasteiger charge is -2.29. The van der Waals surface area contributed by atoms with Crippen LogP contribution in [0.15, 0.2) is 72.8 Å². The van der Waals surface area contributed by atoms with Crippen LogP contribution in [0.5, 0.6) is 5.75 Å². The molecule has 4 N–H and O–H groups in total. The van der Waals surface area contributed by atoms with E-state index in [1.807, 2.05) is 12.1 Å². The molecule has 3 aromatic carbocycles. The van der Waals surface area contributed by atoms with Crippen LogP contribution in [0.3, 0.4) is 0 Å². The number of benzene rings is 3. The van der Waals surface area contributed by atoms with E-state index in [1.165, 1.54) is 201 Å². The minimum Gasteiger partial charge on any atom is -0.494 e. The molecule has 554 valence electrons. The smallest absolute Gasteiger partial charge is 0.293 e. The minimum atomic E-state index is -0.108. The standard InChI is InChI=1S/C21H28O2.C21H34O.C18H14O6.C12H24O3.C12H26O.7H2/c1-2-3-4-5-7-18-8-10-19(11-9-18)20-12-14-21(15-13-20)23-17-6-16-22;1-2-3-4-5-7-18-9-13-20(14-10-18)21-15-11-19(12-16-21)8-6-17-22;1-2-3-4-5-6-7-8-9-10-11-13-20-15-16-22-24-18-17-23-21-14-12-19;1-2-3-4-6-9-14-10-7-5-8-11-15-12-13;1-2-3-4-5-6-7-8-9-10-11-12-13;;;;;;;/h8-15,22H,2-7,16-17H2,1H3;11-12,15-16,18,20,22H,2-10,13-14,17H2,1H3;1,19H,12,14-18H2;12H,2-11H2,1H3;13H,2-12H2,1H3;7*1H. The number of ether oxygens (including phenoxy) is 4. The Morgan fingerprint density at radius 1 is 0.412 bits per heavy atom. The molecule has 97 heavy (non-hydrogen) atoms. The maximum absolute atomic E-state index is 9.82. The highest BCUT2D eigenvalue weighted by Crippen LogP contribution is 2.38. The van der Waals surface area contributed by atoms with Crippen LogP contribution in [0.2, 0.25) is 0 Å². The van der Waals surface area contributed by atoms with Crippen LogP contribution in [0, 0.1) is 77.7 Å². The fourth-order valence-corrected chi connectivity index (χ4v) is 10.2. The van der Waals surface area contributed by atoms with E-state index in [-0.39, 0.29) is 56.2 Å². The van der Waals surface area contributed by atoms with Gasteiger partial charge in [0.15, 0.2) is 0 Å². The van der Waals surface area contributed by atoms with Crippen molar-refractivity contribution in [3.05, 3.63) is 89.5 Å². The summed E-state index contributed by atoms with van der Waals surface area (Å²) >= 11 is 0. The molecule has 0 amide bonds. The molecule has 1 aliphatic rings. The molecule has 0 radical (unpaired) electrons. The lowest BCUT2D eigenvalue weighted by molar-refractivity contribution is -0.343. The van der Waals surface area contributed by atoms with E-state index in [0.29, 0.717) is 39.3 Å². The Balaban J connectivity index is -0.000000185. The highest BCUT2D eigenvalue weighted by atomic mass is 17.2. The summed E-state index contributed by atoms with van der Waals surface area (Å²) < 4.78 is 20.5. The quantitative estimate of drug-likeness (QED) is 0.0138. The number of carbonyl (C=O) groups excluding carboxylic acids is 1. The zero-order valence-electron chi connectivity index (χ0n) is 60.4. The zero-order valence-corrected chi connectivity index (χ0v) is 60.4. The average molecular weight is 1360 g/mol. The summed E-state index contributed by atoms with van der Waals surface area (Å²) in [6, 6.07) is 26.3. The van der Waals surface area contributed by atoms with Gasteiger partial charge in [-0.05, 0) is 165 Å². The molecule has 13 nitrogen and oxygen atoms in total. The number of carbonyl (C=O) groups is 1. The van der Waals surface area contributed by atoms with Crippen LogP contribution < -0.4 is 4.74 Å². The molecule has 1 saturated carbocycles. The summed E-state index contributed by atoms with van der Waals surface area (Å²) in [7, 11) is 0. The second-order valence-corrected chi connectivity index (χ2v) is 23.9. The molecule has 1 fully saturated rings. The Hall–Kier alpha value is -6.27. The van der Waals surface area contributed by atoms with Gasteiger partial charge in [-0.2, -0.15) is 0 Å². The first-order valence-electron chi connectivity index (χ1n) is 36.9. The van der Waals surface area contributed by atoms with Gasteiger partial charge in [0.1, 0.15) is 44.9 Å². The number of rotatable bonds is 51.